The molecule has 0 radical (unpaired) electrons. The zero-order valence-corrected chi connectivity index (χ0v) is 34.5. The first-order chi connectivity index (χ1) is 25.5. The van der Waals surface area contributed by atoms with Gasteiger partial charge in [0.2, 0.25) is 5.91 Å². The molecule has 1 amide bonds. The summed E-state index contributed by atoms with van der Waals surface area (Å²) in [5, 5.41) is 3.14. The lowest BCUT2D eigenvalue weighted by Crippen LogP contribution is -2.46. The van der Waals surface area contributed by atoms with Crippen molar-refractivity contribution in [1.82, 2.24) is 10.8 Å². The Bertz CT molecular complexity index is 997. The number of fused-ring (bicyclic) bond motifs is 5. The minimum Gasteiger partial charge on any atom is -0.356 e. The molecule has 300 valence electrons. The molecule has 4 aliphatic rings. The molecular weight excluding hydrogens is 641 g/mol. The van der Waals surface area contributed by atoms with E-state index in [1.54, 1.807) is 6.92 Å². The predicted octanol–water partition coefficient (Wildman–Crippen LogP) is 12.5. The van der Waals surface area contributed by atoms with Gasteiger partial charge in [0.25, 0.3) is 0 Å². The van der Waals surface area contributed by atoms with Crippen LogP contribution in [0.15, 0.2) is 12.2 Å². The maximum Gasteiger partial charge on any atom is 0.220 e. The van der Waals surface area contributed by atoms with Crippen molar-refractivity contribution < 1.29 is 14.4 Å². The summed E-state index contributed by atoms with van der Waals surface area (Å²) in [4.78, 5) is 29.9. The Labute approximate surface area is 321 Å². The van der Waals surface area contributed by atoms with E-state index < -0.39 is 0 Å². The van der Waals surface area contributed by atoms with Crippen molar-refractivity contribution in [3.63, 3.8) is 0 Å². The van der Waals surface area contributed by atoms with Crippen LogP contribution in [0.3, 0.4) is 0 Å². The second kappa shape index (κ2) is 25.8. The van der Waals surface area contributed by atoms with Gasteiger partial charge in [-0.1, -0.05) is 90.2 Å². The van der Waals surface area contributed by atoms with Gasteiger partial charge in [-0.3, -0.25) is 9.63 Å². The molecule has 4 rings (SSSR count). The first-order valence-corrected chi connectivity index (χ1v) is 23.3. The zero-order chi connectivity index (χ0) is 36.8. The van der Waals surface area contributed by atoms with E-state index >= 15 is 0 Å². The number of hydrogen-bond acceptors (Lipinski definition) is 4. The van der Waals surface area contributed by atoms with Crippen LogP contribution in [0, 0.1) is 47.3 Å². The molecule has 0 bridgehead atoms. The van der Waals surface area contributed by atoms with Gasteiger partial charge in [0, 0.05) is 25.9 Å². The summed E-state index contributed by atoms with van der Waals surface area (Å²) >= 11 is 0. The summed E-state index contributed by atoms with van der Waals surface area (Å²) in [5.74, 6) is 7.57. The van der Waals surface area contributed by atoms with Crippen molar-refractivity contribution in [1.29, 1.82) is 0 Å². The summed E-state index contributed by atoms with van der Waals surface area (Å²) < 4.78 is 0. The lowest BCUT2D eigenvalue weighted by Gasteiger charge is -2.53. The van der Waals surface area contributed by atoms with E-state index in [0.717, 1.165) is 80.2 Å². The van der Waals surface area contributed by atoms with Crippen molar-refractivity contribution in [2.24, 2.45) is 47.3 Å². The number of Topliss-reactive ketones (excluding diaryl/α,β-unsaturated/α-hetero) is 1. The van der Waals surface area contributed by atoms with E-state index in [9.17, 15) is 9.59 Å². The number of carbonyl (C=O) groups excluding carboxylic acids is 2. The molecular formula is C47H84N2O3. The minimum absolute atomic E-state index is 0.225. The topological polar surface area (TPSA) is 67.4 Å². The molecule has 0 aromatic rings. The number of hydrogen-bond donors (Lipinski definition) is 2. The molecule has 4 saturated carbocycles. The Balaban J connectivity index is 1.000. The summed E-state index contributed by atoms with van der Waals surface area (Å²) in [6.45, 7) is 8.16. The molecule has 52 heavy (non-hydrogen) atoms. The van der Waals surface area contributed by atoms with E-state index in [2.05, 4.69) is 36.8 Å². The minimum atomic E-state index is 0.225. The van der Waals surface area contributed by atoms with Gasteiger partial charge < -0.3 is 10.1 Å². The van der Waals surface area contributed by atoms with Gasteiger partial charge in [-0.25, -0.2) is 5.48 Å². The highest BCUT2D eigenvalue weighted by Crippen LogP contribution is 2.60. The van der Waals surface area contributed by atoms with Crippen LogP contribution < -0.4 is 10.8 Å². The molecule has 0 saturated heterocycles. The molecule has 0 spiro atoms. The summed E-state index contributed by atoms with van der Waals surface area (Å²) in [7, 11) is 0. The van der Waals surface area contributed by atoms with Crippen molar-refractivity contribution in [2.45, 2.75) is 213 Å². The Morgan fingerprint density at radius 3 is 1.96 bits per heavy atom. The van der Waals surface area contributed by atoms with Crippen LogP contribution in [0.25, 0.3) is 0 Å². The van der Waals surface area contributed by atoms with Crippen LogP contribution in [-0.2, 0) is 14.4 Å². The first kappa shape index (κ1) is 43.5. The smallest absolute Gasteiger partial charge is 0.220 e. The highest BCUT2D eigenvalue weighted by atomic mass is 16.7. The lowest BCUT2D eigenvalue weighted by molar-refractivity contribution is -0.121. The third-order valence-electron chi connectivity index (χ3n) is 14.4. The normalized spacial score (nSPS) is 29.1. The Morgan fingerprint density at radius 1 is 0.635 bits per heavy atom. The fraction of sp³-hybridized carbons (Fsp3) is 0.915. The van der Waals surface area contributed by atoms with Gasteiger partial charge in [-0.15, -0.1) is 0 Å². The number of carbonyl (C=O) groups is 2. The molecule has 5 nitrogen and oxygen atoms in total. The Hall–Kier alpha value is -1.20. The van der Waals surface area contributed by atoms with E-state index in [4.69, 9.17) is 4.84 Å². The molecule has 0 heterocycles. The molecule has 9 atom stereocenters. The van der Waals surface area contributed by atoms with Crippen LogP contribution in [0.5, 0.6) is 0 Å². The molecule has 4 fully saturated rings. The maximum atomic E-state index is 12.5. The van der Waals surface area contributed by atoms with Crippen molar-refractivity contribution in [2.75, 3.05) is 13.1 Å². The number of unbranched alkanes of at least 4 members (excludes halogenated alkanes) is 14. The van der Waals surface area contributed by atoms with Crippen molar-refractivity contribution in [3.05, 3.63) is 12.2 Å². The maximum absolute atomic E-state index is 12.5. The predicted molar refractivity (Wildman–Crippen MR) is 219 cm³/mol. The van der Waals surface area contributed by atoms with Crippen LogP contribution in [0.4, 0.5) is 0 Å². The first-order valence-electron chi connectivity index (χ1n) is 23.3. The van der Waals surface area contributed by atoms with E-state index in [0.29, 0.717) is 24.9 Å². The van der Waals surface area contributed by atoms with E-state index in [1.165, 1.54) is 148 Å². The third kappa shape index (κ3) is 15.5. The Morgan fingerprint density at radius 2 is 1.21 bits per heavy atom. The SMILES string of the molecule is CCCCCCCC/C=C\CCCCCCCCNO[C@@H]1CCC2C(CCC3C2CCC2C3CC[C@@H]2[C@H](C)CCC(=O)NCCCCCC(C)=O)C1. The fourth-order valence-corrected chi connectivity index (χ4v) is 11.5. The summed E-state index contributed by atoms with van der Waals surface area (Å²) in [6, 6.07) is 0. The van der Waals surface area contributed by atoms with E-state index in [1.807, 2.05) is 0 Å². The number of rotatable bonds is 28. The van der Waals surface area contributed by atoms with Crippen LogP contribution in [0.2, 0.25) is 0 Å². The number of allylic oxidation sites excluding steroid dienone is 2. The molecule has 0 aromatic carbocycles. The van der Waals surface area contributed by atoms with E-state index in [-0.39, 0.29) is 11.7 Å². The Kier molecular flexibility index (Phi) is 21.6. The van der Waals surface area contributed by atoms with Gasteiger partial charge in [-0.05, 0) is 163 Å². The second-order valence-electron chi connectivity index (χ2n) is 18.2. The summed E-state index contributed by atoms with van der Waals surface area (Å²) in [5.41, 5.74) is 3.40. The van der Waals surface area contributed by atoms with Crippen LogP contribution >= 0.6 is 0 Å². The van der Waals surface area contributed by atoms with Crippen molar-refractivity contribution >= 4 is 11.7 Å². The number of nitrogens with one attached hydrogen (secondary N) is 2. The standard InChI is InChI=1S/C47H84N2O3/c1-4-5-6-7-8-9-10-11-12-13-14-15-16-17-18-22-35-49-52-40-26-28-42-39(36-40)25-27-45-44(42)32-31-43-41(29-30-46(43)45)37(2)24-33-47(51)48-34-21-19-20-23-38(3)50/h11-12,37,39-46,49H,4-10,13-36H2,1-3H3,(H,48,51)/b12-11-/t37-,39?,40-,41-,42?,43?,44?,45?,46?/m1/s1. The van der Waals surface area contributed by atoms with Gasteiger partial charge in [0.15, 0.2) is 0 Å². The van der Waals surface area contributed by atoms with Gasteiger partial charge in [0.05, 0.1) is 6.10 Å². The monoisotopic (exact) mass is 725 g/mol. The van der Waals surface area contributed by atoms with Crippen molar-refractivity contribution in [3.8, 4) is 0 Å². The molecule has 0 aliphatic heterocycles. The van der Waals surface area contributed by atoms with Gasteiger partial charge in [-0.2, -0.15) is 0 Å². The molecule has 4 aliphatic carbocycles. The second-order valence-corrected chi connectivity index (χ2v) is 18.2. The lowest BCUT2D eigenvalue weighted by atomic mass is 9.53. The van der Waals surface area contributed by atoms with Crippen LogP contribution in [0.1, 0.15) is 207 Å². The fourth-order valence-electron chi connectivity index (χ4n) is 11.5. The average Bonchev–Trinajstić information content (AvgIpc) is 3.59. The number of hydroxylamine groups is 1. The average molecular weight is 725 g/mol. The number of ketones is 1. The largest absolute Gasteiger partial charge is 0.356 e. The zero-order valence-electron chi connectivity index (χ0n) is 34.5. The number of amides is 1. The quantitative estimate of drug-likeness (QED) is 0.0479. The van der Waals surface area contributed by atoms with Gasteiger partial charge in [0.1, 0.15) is 5.78 Å². The van der Waals surface area contributed by atoms with Gasteiger partial charge >= 0.3 is 0 Å². The molecule has 5 heteroatoms. The van der Waals surface area contributed by atoms with Crippen LogP contribution in [-0.4, -0.2) is 30.9 Å². The third-order valence-corrected chi connectivity index (χ3v) is 14.4. The highest BCUT2D eigenvalue weighted by Gasteiger charge is 2.52. The molecule has 6 unspecified atom stereocenters. The highest BCUT2D eigenvalue weighted by molar-refractivity contribution is 5.76. The molecule has 0 aromatic heterocycles. The molecule has 2 N–H and O–H groups in total. The summed E-state index contributed by atoms with van der Waals surface area (Å²) in [6.07, 6.45) is 42.1.